The Morgan fingerprint density at radius 2 is 2.00 bits per heavy atom. The second kappa shape index (κ2) is 4.56. The molecule has 0 bridgehead atoms. The van der Waals surface area contributed by atoms with Crippen molar-refractivity contribution in [2.24, 2.45) is 0 Å². The topological polar surface area (TPSA) is 63.2 Å². The van der Waals surface area contributed by atoms with Gasteiger partial charge in [-0.05, 0) is 29.8 Å². The third-order valence-corrected chi connectivity index (χ3v) is 3.91. The zero-order chi connectivity index (χ0) is 13.6. The lowest BCUT2D eigenvalue weighted by Crippen LogP contribution is -2.29. The Bertz CT molecular complexity index is 701. The van der Waals surface area contributed by atoms with Crippen molar-refractivity contribution in [3.8, 4) is 0 Å². The molecule has 0 N–H and O–H groups in total. The Kier molecular flexibility index (Phi) is 3.00. The van der Waals surface area contributed by atoms with Crippen LogP contribution < -0.4 is 4.90 Å². The van der Waals surface area contributed by atoms with Gasteiger partial charge in [-0.25, -0.2) is 0 Å². The van der Waals surface area contributed by atoms with E-state index in [1.54, 1.807) is 18.2 Å². The highest BCUT2D eigenvalue weighted by atomic mass is 35.5. The maximum Gasteiger partial charge on any atom is 0.299 e. The Balaban J connectivity index is 2.01. The maximum atomic E-state index is 11.9. The second-order valence-corrected chi connectivity index (χ2v) is 5.91. The van der Waals surface area contributed by atoms with Gasteiger partial charge < -0.3 is 0 Å². The van der Waals surface area contributed by atoms with E-state index in [0.717, 1.165) is 11.3 Å². The molecule has 5 nitrogen and oxygen atoms in total. The maximum absolute atomic E-state index is 11.9. The van der Waals surface area contributed by atoms with Crippen molar-refractivity contribution in [1.82, 2.24) is 10.2 Å². The van der Waals surface area contributed by atoms with E-state index >= 15 is 0 Å². The molecule has 0 aliphatic carbocycles. The van der Waals surface area contributed by atoms with Crippen molar-refractivity contribution in [1.29, 1.82) is 0 Å². The molecule has 96 valence electrons. The van der Waals surface area contributed by atoms with Gasteiger partial charge in [-0.3, -0.25) is 14.5 Å². The SMILES string of the molecule is O=C1C(=O)N(Cc2nnc(Cl)s2)c2cc(Cl)ccc21. The van der Waals surface area contributed by atoms with Crippen LogP contribution in [0.3, 0.4) is 0 Å². The number of halogens is 2. The molecule has 0 saturated carbocycles. The van der Waals surface area contributed by atoms with Crippen LogP contribution in [-0.2, 0) is 11.3 Å². The van der Waals surface area contributed by atoms with Gasteiger partial charge in [0.15, 0.2) is 0 Å². The van der Waals surface area contributed by atoms with Crippen LogP contribution in [0.1, 0.15) is 15.4 Å². The molecule has 0 unspecified atom stereocenters. The van der Waals surface area contributed by atoms with Crippen molar-refractivity contribution in [2.75, 3.05) is 4.90 Å². The molecule has 0 radical (unpaired) electrons. The first-order valence-corrected chi connectivity index (χ1v) is 6.77. The molecule has 1 aromatic heterocycles. The minimum absolute atomic E-state index is 0.155. The molecule has 1 aliphatic rings. The van der Waals surface area contributed by atoms with Gasteiger partial charge in [0.25, 0.3) is 11.7 Å². The highest BCUT2D eigenvalue weighted by Crippen LogP contribution is 2.33. The quantitative estimate of drug-likeness (QED) is 0.799. The van der Waals surface area contributed by atoms with Crippen molar-refractivity contribution >= 4 is 51.9 Å². The van der Waals surface area contributed by atoms with Gasteiger partial charge in [0.1, 0.15) is 5.01 Å². The zero-order valence-corrected chi connectivity index (χ0v) is 11.6. The van der Waals surface area contributed by atoms with Crippen LogP contribution in [0.2, 0.25) is 9.49 Å². The lowest BCUT2D eigenvalue weighted by Gasteiger charge is -2.14. The van der Waals surface area contributed by atoms with E-state index in [4.69, 9.17) is 23.2 Å². The minimum atomic E-state index is -0.594. The van der Waals surface area contributed by atoms with E-state index in [2.05, 4.69) is 10.2 Å². The Morgan fingerprint density at radius 1 is 1.21 bits per heavy atom. The first-order valence-electron chi connectivity index (χ1n) is 5.20. The summed E-state index contributed by atoms with van der Waals surface area (Å²) in [6, 6.07) is 4.71. The lowest BCUT2D eigenvalue weighted by atomic mass is 10.1. The summed E-state index contributed by atoms with van der Waals surface area (Å²) in [4.78, 5) is 25.1. The summed E-state index contributed by atoms with van der Waals surface area (Å²) >= 11 is 12.7. The average molecular weight is 314 g/mol. The number of nitrogens with zero attached hydrogens (tertiary/aromatic N) is 3. The smallest absolute Gasteiger partial charge is 0.298 e. The summed E-state index contributed by atoms with van der Waals surface area (Å²) in [5.41, 5.74) is 0.846. The Labute approximate surface area is 121 Å². The summed E-state index contributed by atoms with van der Waals surface area (Å²) in [5.74, 6) is -1.13. The van der Waals surface area contributed by atoms with Gasteiger partial charge >= 0.3 is 0 Å². The predicted molar refractivity (Wildman–Crippen MR) is 71.9 cm³/mol. The minimum Gasteiger partial charge on any atom is -0.298 e. The predicted octanol–water partition coefficient (Wildman–Crippen LogP) is 2.57. The Morgan fingerprint density at radius 3 is 2.68 bits per heavy atom. The number of carbonyl (C=O) groups excluding carboxylic acids is 2. The molecular weight excluding hydrogens is 309 g/mol. The van der Waals surface area contributed by atoms with Crippen molar-refractivity contribution in [2.45, 2.75) is 6.54 Å². The second-order valence-electron chi connectivity index (χ2n) is 3.83. The van der Waals surface area contributed by atoms with Crippen molar-refractivity contribution in [3.05, 3.63) is 38.3 Å². The average Bonchev–Trinajstić information content (AvgIpc) is 2.88. The van der Waals surface area contributed by atoms with Gasteiger partial charge in [-0.15, -0.1) is 10.2 Å². The summed E-state index contributed by atoms with van der Waals surface area (Å²) in [6.07, 6.45) is 0. The number of ketones is 1. The van der Waals surface area contributed by atoms with E-state index in [9.17, 15) is 9.59 Å². The first-order chi connectivity index (χ1) is 9.06. The molecular formula is C11H5Cl2N3O2S. The molecule has 0 atom stereocenters. The molecule has 19 heavy (non-hydrogen) atoms. The molecule has 0 spiro atoms. The van der Waals surface area contributed by atoms with Crippen LogP contribution in [0.15, 0.2) is 18.2 Å². The van der Waals surface area contributed by atoms with Crippen LogP contribution >= 0.6 is 34.5 Å². The number of hydrogen-bond donors (Lipinski definition) is 0. The standard InChI is InChI=1S/C11H5Cl2N3O2S/c12-5-1-2-6-7(3-5)16(10(18)9(6)17)4-8-14-15-11(13)19-8/h1-3H,4H2. The molecule has 1 amide bonds. The van der Waals surface area contributed by atoms with E-state index in [-0.39, 0.29) is 6.54 Å². The summed E-state index contributed by atoms with van der Waals surface area (Å²) in [7, 11) is 0. The van der Waals surface area contributed by atoms with Gasteiger partial charge in [0, 0.05) is 5.02 Å². The fraction of sp³-hybridized carbons (Fsp3) is 0.0909. The van der Waals surface area contributed by atoms with E-state index in [1.807, 2.05) is 0 Å². The van der Waals surface area contributed by atoms with Crippen LogP contribution in [0.4, 0.5) is 5.69 Å². The molecule has 0 saturated heterocycles. The van der Waals surface area contributed by atoms with Gasteiger partial charge in [0.05, 0.1) is 17.8 Å². The van der Waals surface area contributed by atoms with Crippen LogP contribution in [0.25, 0.3) is 0 Å². The zero-order valence-electron chi connectivity index (χ0n) is 9.26. The van der Waals surface area contributed by atoms with Crippen LogP contribution in [0, 0.1) is 0 Å². The molecule has 1 aliphatic heterocycles. The number of fused-ring (bicyclic) bond motifs is 1. The third kappa shape index (κ3) is 2.11. The number of Topliss-reactive ketones (excluding diaryl/α,β-unsaturated/α-hetero) is 1. The van der Waals surface area contributed by atoms with E-state index < -0.39 is 11.7 Å². The summed E-state index contributed by atoms with van der Waals surface area (Å²) in [6.45, 7) is 0.155. The number of benzene rings is 1. The summed E-state index contributed by atoms with van der Waals surface area (Å²) in [5, 5.41) is 8.51. The number of carbonyl (C=O) groups is 2. The first kappa shape index (κ1) is 12.5. The molecule has 1 aromatic carbocycles. The molecule has 2 heterocycles. The number of amides is 1. The van der Waals surface area contributed by atoms with Crippen molar-refractivity contribution in [3.63, 3.8) is 0 Å². The third-order valence-electron chi connectivity index (χ3n) is 2.67. The van der Waals surface area contributed by atoms with Crippen LogP contribution in [0.5, 0.6) is 0 Å². The lowest BCUT2D eigenvalue weighted by molar-refractivity contribution is -0.114. The highest BCUT2D eigenvalue weighted by Gasteiger charge is 2.36. The van der Waals surface area contributed by atoms with Gasteiger partial charge in [-0.2, -0.15) is 0 Å². The number of aromatic nitrogens is 2. The fourth-order valence-corrected chi connectivity index (χ4v) is 2.88. The van der Waals surface area contributed by atoms with E-state index in [0.29, 0.717) is 25.7 Å². The normalized spacial score (nSPS) is 14.1. The van der Waals surface area contributed by atoms with Crippen LogP contribution in [-0.4, -0.2) is 21.9 Å². The van der Waals surface area contributed by atoms with Gasteiger partial charge in [-0.1, -0.05) is 22.9 Å². The fourth-order valence-electron chi connectivity index (χ4n) is 1.86. The van der Waals surface area contributed by atoms with Crippen molar-refractivity contribution < 1.29 is 9.59 Å². The monoisotopic (exact) mass is 313 g/mol. The molecule has 0 fully saturated rings. The largest absolute Gasteiger partial charge is 0.299 e. The highest BCUT2D eigenvalue weighted by molar-refractivity contribution is 7.15. The van der Waals surface area contributed by atoms with Gasteiger partial charge in [0.2, 0.25) is 4.47 Å². The number of rotatable bonds is 2. The number of anilines is 1. The van der Waals surface area contributed by atoms with E-state index in [1.165, 1.54) is 4.90 Å². The molecule has 8 heteroatoms. The number of hydrogen-bond acceptors (Lipinski definition) is 5. The molecule has 3 rings (SSSR count). The summed E-state index contributed by atoms with van der Waals surface area (Å²) < 4.78 is 0.291. The Hall–Kier alpha value is -1.50. The molecule has 2 aromatic rings.